The van der Waals surface area contributed by atoms with Crippen LogP contribution in [0.15, 0.2) is 12.3 Å². The minimum Gasteiger partial charge on any atom is -0.397 e. The van der Waals surface area contributed by atoms with Gasteiger partial charge in [-0.05, 0) is 44.7 Å². The summed E-state index contributed by atoms with van der Waals surface area (Å²) in [4.78, 5) is 14.8. The van der Waals surface area contributed by atoms with Crippen LogP contribution in [-0.4, -0.2) is 41.1 Å². The molecular weight excluding hydrogens is 252 g/mol. The molecule has 2 aliphatic rings. The molecular formula is C15H24N4O. The highest BCUT2D eigenvalue weighted by Gasteiger charge is 2.34. The highest BCUT2D eigenvalue weighted by molar-refractivity contribution is 5.93. The summed E-state index contributed by atoms with van der Waals surface area (Å²) in [5, 5.41) is 3.07. The molecule has 1 atom stereocenters. The number of anilines is 1. The Kier molecular flexibility index (Phi) is 3.70. The van der Waals surface area contributed by atoms with Crippen LogP contribution in [0.25, 0.3) is 0 Å². The lowest BCUT2D eigenvalue weighted by Crippen LogP contribution is -2.32. The van der Waals surface area contributed by atoms with E-state index < -0.39 is 0 Å². The molecule has 1 saturated heterocycles. The van der Waals surface area contributed by atoms with Crippen LogP contribution < -0.4 is 11.1 Å². The molecule has 1 aromatic rings. The van der Waals surface area contributed by atoms with Crippen molar-refractivity contribution in [2.75, 3.05) is 25.4 Å². The van der Waals surface area contributed by atoms with Gasteiger partial charge in [0.2, 0.25) is 0 Å². The van der Waals surface area contributed by atoms with Crippen molar-refractivity contribution in [1.29, 1.82) is 0 Å². The molecule has 110 valence electrons. The van der Waals surface area contributed by atoms with E-state index in [1.807, 2.05) is 17.7 Å². The van der Waals surface area contributed by atoms with Crippen molar-refractivity contribution >= 4 is 11.6 Å². The molecule has 1 saturated carbocycles. The van der Waals surface area contributed by atoms with E-state index in [9.17, 15) is 4.79 Å². The van der Waals surface area contributed by atoms with Crippen molar-refractivity contribution in [3.8, 4) is 0 Å². The number of likely N-dealkylation sites (tertiary alicyclic amines) is 1. The lowest BCUT2D eigenvalue weighted by Gasteiger charge is -2.15. The molecule has 1 aromatic heterocycles. The van der Waals surface area contributed by atoms with Gasteiger partial charge in [-0.1, -0.05) is 0 Å². The van der Waals surface area contributed by atoms with Gasteiger partial charge in [-0.3, -0.25) is 4.79 Å². The highest BCUT2D eigenvalue weighted by Crippen LogP contribution is 2.31. The van der Waals surface area contributed by atoms with Gasteiger partial charge in [-0.15, -0.1) is 0 Å². The first-order valence-electron chi connectivity index (χ1n) is 7.65. The fraction of sp³-hybridized carbons (Fsp3) is 0.667. The predicted molar refractivity (Wildman–Crippen MR) is 79.6 cm³/mol. The molecule has 0 bridgehead atoms. The Bertz CT molecular complexity index is 492. The van der Waals surface area contributed by atoms with Crippen LogP contribution in [0.5, 0.6) is 0 Å². The first kappa shape index (κ1) is 13.5. The molecule has 1 aliphatic carbocycles. The van der Waals surface area contributed by atoms with Gasteiger partial charge < -0.3 is 20.5 Å². The van der Waals surface area contributed by atoms with Gasteiger partial charge >= 0.3 is 0 Å². The number of rotatable bonds is 5. The van der Waals surface area contributed by atoms with E-state index in [4.69, 9.17) is 5.73 Å². The molecule has 2 heterocycles. The monoisotopic (exact) mass is 276 g/mol. The Hall–Kier alpha value is -1.49. The second kappa shape index (κ2) is 5.48. The van der Waals surface area contributed by atoms with Crippen molar-refractivity contribution in [2.24, 2.45) is 5.92 Å². The first-order valence-corrected chi connectivity index (χ1v) is 7.65. The maximum Gasteiger partial charge on any atom is 0.267 e. The molecule has 3 rings (SSSR count). The highest BCUT2D eigenvalue weighted by atomic mass is 16.1. The standard InChI is InChI=1S/C15H24N4O/c1-2-18-10-12(16)7-14(18)15(20)17-8-11-5-6-19(9-11)13-3-4-13/h7,10-11,13H,2-6,8-9,16H2,1H3,(H,17,20). The lowest BCUT2D eigenvalue weighted by atomic mass is 10.1. The Morgan fingerprint density at radius 1 is 1.45 bits per heavy atom. The molecule has 1 amide bonds. The van der Waals surface area contributed by atoms with Gasteiger partial charge in [0.25, 0.3) is 5.91 Å². The van der Waals surface area contributed by atoms with Crippen molar-refractivity contribution in [1.82, 2.24) is 14.8 Å². The summed E-state index contributed by atoms with van der Waals surface area (Å²) in [6, 6.07) is 2.59. The van der Waals surface area contributed by atoms with Gasteiger partial charge in [-0.2, -0.15) is 0 Å². The van der Waals surface area contributed by atoms with Gasteiger partial charge in [0.05, 0.1) is 5.69 Å². The summed E-state index contributed by atoms with van der Waals surface area (Å²) >= 11 is 0. The number of carbonyl (C=O) groups excluding carboxylic acids is 1. The van der Waals surface area contributed by atoms with E-state index in [0.29, 0.717) is 17.3 Å². The number of hydrogen-bond acceptors (Lipinski definition) is 3. The zero-order valence-electron chi connectivity index (χ0n) is 12.1. The average molecular weight is 276 g/mol. The van der Waals surface area contributed by atoms with E-state index in [2.05, 4.69) is 10.2 Å². The number of nitrogen functional groups attached to an aromatic ring is 1. The third-order valence-corrected chi connectivity index (χ3v) is 4.42. The molecule has 1 aliphatic heterocycles. The summed E-state index contributed by atoms with van der Waals surface area (Å²) < 4.78 is 1.90. The summed E-state index contributed by atoms with van der Waals surface area (Å²) in [5.74, 6) is 0.593. The maximum absolute atomic E-state index is 12.2. The molecule has 3 N–H and O–H groups in total. The van der Waals surface area contributed by atoms with Crippen LogP contribution in [0.2, 0.25) is 0 Å². The molecule has 5 heteroatoms. The van der Waals surface area contributed by atoms with Crippen LogP contribution in [0, 0.1) is 5.92 Å². The Morgan fingerprint density at radius 3 is 2.95 bits per heavy atom. The van der Waals surface area contributed by atoms with Crippen LogP contribution in [0.4, 0.5) is 5.69 Å². The molecule has 5 nitrogen and oxygen atoms in total. The Morgan fingerprint density at radius 2 is 2.25 bits per heavy atom. The van der Waals surface area contributed by atoms with E-state index in [1.165, 1.54) is 25.8 Å². The molecule has 1 unspecified atom stereocenters. The van der Waals surface area contributed by atoms with E-state index >= 15 is 0 Å². The Labute approximate surface area is 120 Å². The topological polar surface area (TPSA) is 63.3 Å². The van der Waals surface area contributed by atoms with Crippen LogP contribution in [0.1, 0.15) is 36.7 Å². The zero-order valence-corrected chi connectivity index (χ0v) is 12.1. The van der Waals surface area contributed by atoms with E-state index in [0.717, 1.165) is 25.7 Å². The number of nitrogens with zero attached hydrogens (tertiary/aromatic N) is 2. The van der Waals surface area contributed by atoms with Crippen LogP contribution in [0.3, 0.4) is 0 Å². The number of nitrogens with one attached hydrogen (secondary N) is 1. The summed E-state index contributed by atoms with van der Waals surface area (Å²) in [6.45, 7) is 5.89. The molecule has 0 aromatic carbocycles. The van der Waals surface area contributed by atoms with Gasteiger partial charge in [-0.25, -0.2) is 0 Å². The SMILES string of the molecule is CCn1cc(N)cc1C(=O)NCC1CCN(C2CC2)C1. The number of carbonyl (C=O) groups is 1. The van der Waals surface area contributed by atoms with E-state index in [1.54, 1.807) is 6.07 Å². The van der Waals surface area contributed by atoms with Gasteiger partial charge in [0.1, 0.15) is 5.69 Å². The number of nitrogens with two attached hydrogens (primary N) is 1. The minimum absolute atomic E-state index is 0.00609. The fourth-order valence-electron chi connectivity index (χ4n) is 3.11. The van der Waals surface area contributed by atoms with Gasteiger partial charge in [0, 0.05) is 31.9 Å². The molecule has 2 fully saturated rings. The van der Waals surface area contributed by atoms with E-state index in [-0.39, 0.29) is 5.91 Å². The zero-order chi connectivity index (χ0) is 14.1. The third kappa shape index (κ3) is 2.82. The smallest absolute Gasteiger partial charge is 0.267 e. The summed E-state index contributed by atoms with van der Waals surface area (Å²) in [7, 11) is 0. The predicted octanol–water partition coefficient (Wildman–Crippen LogP) is 1.30. The minimum atomic E-state index is -0.00609. The average Bonchev–Trinajstić information content (AvgIpc) is 3.06. The van der Waals surface area contributed by atoms with Crippen LogP contribution >= 0.6 is 0 Å². The lowest BCUT2D eigenvalue weighted by molar-refractivity contribution is 0.0938. The third-order valence-electron chi connectivity index (χ3n) is 4.42. The largest absolute Gasteiger partial charge is 0.397 e. The Balaban J connectivity index is 1.51. The molecule has 0 radical (unpaired) electrons. The fourth-order valence-corrected chi connectivity index (χ4v) is 3.11. The second-order valence-corrected chi connectivity index (χ2v) is 6.04. The second-order valence-electron chi connectivity index (χ2n) is 6.04. The first-order chi connectivity index (χ1) is 9.67. The molecule has 20 heavy (non-hydrogen) atoms. The summed E-state index contributed by atoms with van der Waals surface area (Å²) in [5.41, 5.74) is 7.08. The molecule has 0 spiro atoms. The maximum atomic E-state index is 12.2. The van der Waals surface area contributed by atoms with Crippen molar-refractivity contribution < 1.29 is 4.79 Å². The number of amides is 1. The van der Waals surface area contributed by atoms with Crippen molar-refractivity contribution in [2.45, 2.75) is 38.8 Å². The summed E-state index contributed by atoms with van der Waals surface area (Å²) in [6.07, 6.45) is 5.75. The van der Waals surface area contributed by atoms with Crippen molar-refractivity contribution in [3.63, 3.8) is 0 Å². The number of aryl methyl sites for hydroxylation is 1. The number of aromatic nitrogens is 1. The quantitative estimate of drug-likeness (QED) is 0.852. The van der Waals surface area contributed by atoms with Crippen molar-refractivity contribution in [3.05, 3.63) is 18.0 Å². The van der Waals surface area contributed by atoms with Gasteiger partial charge in [0.15, 0.2) is 0 Å². The number of hydrogen-bond donors (Lipinski definition) is 2. The normalized spacial score (nSPS) is 23.1. The van der Waals surface area contributed by atoms with Crippen LogP contribution in [-0.2, 0) is 6.54 Å².